The van der Waals surface area contributed by atoms with Crippen LogP contribution in [-0.2, 0) is 14.4 Å². The third-order valence-corrected chi connectivity index (χ3v) is 8.07. The van der Waals surface area contributed by atoms with Crippen molar-refractivity contribution in [3.8, 4) is 0 Å². The van der Waals surface area contributed by atoms with Gasteiger partial charge in [-0.05, 0) is 68.1 Å². The number of esters is 1. The maximum atomic E-state index is 11.4. The van der Waals surface area contributed by atoms with E-state index in [1.54, 1.807) is 0 Å². The highest BCUT2D eigenvalue weighted by molar-refractivity contribution is 5.69. The normalized spacial score (nSPS) is 25.0. The van der Waals surface area contributed by atoms with Gasteiger partial charge in [0.05, 0.1) is 0 Å². The quantitative estimate of drug-likeness (QED) is 0.149. The first-order valence-electron chi connectivity index (χ1n) is 14.2. The summed E-state index contributed by atoms with van der Waals surface area (Å²) in [6, 6.07) is 0. The van der Waals surface area contributed by atoms with Gasteiger partial charge >= 0.3 is 5.97 Å². The minimum Gasteiger partial charge on any atom is -0.460 e. The Bertz CT molecular complexity index is 617. The zero-order valence-corrected chi connectivity index (χ0v) is 26.0. The molecule has 1 aliphatic carbocycles. The highest BCUT2D eigenvalue weighted by Gasteiger charge is 2.58. The summed E-state index contributed by atoms with van der Waals surface area (Å²) in [4.78, 5) is 16.5. The Morgan fingerprint density at radius 2 is 1.23 bits per heavy atom. The first-order valence-corrected chi connectivity index (χ1v) is 14.2. The molecule has 0 bridgehead atoms. The van der Waals surface area contributed by atoms with Crippen LogP contribution in [0.15, 0.2) is 0 Å². The average molecular weight is 499 g/mol. The predicted octanol–water partition coefficient (Wildman–Crippen LogP) is 9.99. The van der Waals surface area contributed by atoms with Crippen LogP contribution < -0.4 is 0 Å². The molecule has 0 saturated heterocycles. The highest BCUT2D eigenvalue weighted by atomic mass is 17.1. The summed E-state index contributed by atoms with van der Waals surface area (Å²) < 4.78 is 5.24. The summed E-state index contributed by atoms with van der Waals surface area (Å²) >= 11 is 0. The largest absolute Gasteiger partial charge is 0.460 e. The molecule has 1 rings (SSSR count). The van der Waals surface area contributed by atoms with E-state index in [4.69, 9.17) is 9.62 Å². The first kappa shape index (κ1) is 34.4. The van der Waals surface area contributed by atoms with Gasteiger partial charge in [-0.25, -0.2) is 4.89 Å². The molecule has 2 atom stereocenters. The van der Waals surface area contributed by atoms with Crippen LogP contribution in [0.2, 0.25) is 0 Å². The first-order chi connectivity index (χ1) is 15.6. The number of hydrogen-bond acceptors (Lipinski definition) is 4. The molecule has 0 aliphatic heterocycles. The van der Waals surface area contributed by atoms with Gasteiger partial charge in [-0.15, -0.1) is 0 Å². The zero-order chi connectivity index (χ0) is 27.8. The summed E-state index contributed by atoms with van der Waals surface area (Å²) in [5.74, 6) is -0.0546. The number of rotatable bonds is 9. The lowest BCUT2D eigenvalue weighted by Crippen LogP contribution is -2.58. The summed E-state index contributed by atoms with van der Waals surface area (Å²) in [7, 11) is 0. The Kier molecular flexibility index (Phi) is 13.0. The van der Waals surface area contributed by atoms with Crippen molar-refractivity contribution in [3.05, 3.63) is 0 Å². The number of hydrogen-bond donors (Lipinski definition) is 1. The Morgan fingerprint density at radius 1 is 0.743 bits per heavy atom. The van der Waals surface area contributed by atoms with Crippen LogP contribution in [0.3, 0.4) is 0 Å². The SMILES string of the molecule is CC1(C)CC(C)(C(C)(C)C)CC(OO)(C(C)(C)C)C1.CCCCCCCCCC(=O)OC(C)(C)C. The third-order valence-electron chi connectivity index (χ3n) is 8.07. The van der Waals surface area contributed by atoms with Crippen molar-refractivity contribution >= 4 is 5.97 Å². The second kappa shape index (κ2) is 13.3. The zero-order valence-electron chi connectivity index (χ0n) is 26.0. The average Bonchev–Trinajstić information content (AvgIpc) is 2.63. The van der Waals surface area contributed by atoms with Crippen molar-refractivity contribution in [2.75, 3.05) is 0 Å². The fourth-order valence-corrected chi connectivity index (χ4v) is 5.53. The van der Waals surface area contributed by atoms with E-state index < -0.39 is 5.60 Å². The number of ether oxygens (including phenoxy) is 1. The number of unbranched alkanes of at least 4 members (excludes halogenated alkanes) is 6. The molecular formula is C31H62O4. The molecule has 4 nitrogen and oxygen atoms in total. The highest BCUT2D eigenvalue weighted by Crippen LogP contribution is 2.62. The van der Waals surface area contributed by atoms with Crippen molar-refractivity contribution in [1.82, 2.24) is 0 Å². The molecule has 2 unspecified atom stereocenters. The molecule has 0 aromatic carbocycles. The number of carbonyl (C=O) groups is 1. The minimum atomic E-state index is -0.462. The van der Waals surface area contributed by atoms with Gasteiger partial charge in [0.2, 0.25) is 0 Å². The van der Waals surface area contributed by atoms with Crippen molar-refractivity contribution in [1.29, 1.82) is 0 Å². The number of carbonyl (C=O) groups excluding carboxylic acids is 1. The van der Waals surface area contributed by atoms with E-state index in [1.807, 2.05) is 20.8 Å². The van der Waals surface area contributed by atoms with Gasteiger partial charge in [0.15, 0.2) is 0 Å². The van der Waals surface area contributed by atoms with Crippen molar-refractivity contribution < 1.29 is 19.7 Å². The van der Waals surface area contributed by atoms with E-state index in [9.17, 15) is 10.1 Å². The molecule has 1 aliphatic rings. The molecule has 4 heteroatoms. The molecule has 1 N–H and O–H groups in total. The van der Waals surface area contributed by atoms with Crippen molar-refractivity contribution in [3.63, 3.8) is 0 Å². The molecule has 210 valence electrons. The molecule has 0 heterocycles. The second-order valence-electron chi connectivity index (χ2n) is 15.3. The van der Waals surface area contributed by atoms with Crippen LogP contribution in [0, 0.1) is 21.7 Å². The molecule has 0 spiro atoms. The van der Waals surface area contributed by atoms with Gasteiger partial charge < -0.3 is 4.74 Å². The lowest BCUT2D eigenvalue weighted by molar-refractivity contribution is -0.375. The molecule has 0 aromatic rings. The summed E-state index contributed by atoms with van der Waals surface area (Å²) in [5, 5.41) is 9.71. The molecule has 1 fully saturated rings. The molecule has 0 amide bonds. The van der Waals surface area contributed by atoms with Gasteiger partial charge in [-0.3, -0.25) is 10.1 Å². The Hall–Kier alpha value is -0.610. The van der Waals surface area contributed by atoms with Crippen LogP contribution in [0.25, 0.3) is 0 Å². The fourth-order valence-electron chi connectivity index (χ4n) is 5.53. The van der Waals surface area contributed by atoms with Gasteiger partial charge in [0.25, 0.3) is 0 Å². The lowest BCUT2D eigenvalue weighted by atomic mass is 9.48. The second-order valence-corrected chi connectivity index (χ2v) is 15.3. The Morgan fingerprint density at radius 3 is 1.63 bits per heavy atom. The van der Waals surface area contributed by atoms with Gasteiger partial charge in [0.1, 0.15) is 11.2 Å². The minimum absolute atomic E-state index is 0.0546. The summed E-state index contributed by atoms with van der Waals surface area (Å²) in [5.41, 5.74) is -0.346. The molecule has 0 aromatic heterocycles. The molecular weight excluding hydrogens is 436 g/mol. The van der Waals surface area contributed by atoms with E-state index in [1.165, 1.54) is 38.5 Å². The summed E-state index contributed by atoms with van der Waals surface area (Å²) in [6.45, 7) is 28.4. The van der Waals surface area contributed by atoms with Crippen molar-refractivity contribution in [2.24, 2.45) is 21.7 Å². The van der Waals surface area contributed by atoms with Crippen molar-refractivity contribution in [2.45, 2.75) is 172 Å². The Balaban J connectivity index is 0.000000672. The predicted molar refractivity (Wildman–Crippen MR) is 150 cm³/mol. The van der Waals surface area contributed by atoms with Gasteiger partial charge in [-0.2, -0.15) is 0 Å². The fraction of sp³-hybridized carbons (Fsp3) is 0.968. The maximum Gasteiger partial charge on any atom is 0.306 e. The topological polar surface area (TPSA) is 55.8 Å². The third kappa shape index (κ3) is 12.0. The van der Waals surface area contributed by atoms with Crippen LogP contribution in [0.4, 0.5) is 0 Å². The van der Waals surface area contributed by atoms with E-state index in [0.717, 1.165) is 25.7 Å². The van der Waals surface area contributed by atoms with E-state index >= 15 is 0 Å². The van der Waals surface area contributed by atoms with Gasteiger partial charge in [-0.1, -0.05) is 108 Å². The van der Waals surface area contributed by atoms with Crippen LogP contribution >= 0.6 is 0 Å². The summed E-state index contributed by atoms with van der Waals surface area (Å²) in [6.07, 6.45) is 12.2. The van der Waals surface area contributed by atoms with Crippen LogP contribution in [-0.4, -0.2) is 22.4 Å². The lowest BCUT2D eigenvalue weighted by Gasteiger charge is -2.60. The maximum absolute atomic E-state index is 11.4. The van der Waals surface area contributed by atoms with E-state index in [-0.39, 0.29) is 33.2 Å². The van der Waals surface area contributed by atoms with E-state index in [2.05, 4.69) is 69.2 Å². The molecule has 1 saturated carbocycles. The smallest absolute Gasteiger partial charge is 0.306 e. The van der Waals surface area contributed by atoms with Crippen LogP contribution in [0.1, 0.15) is 161 Å². The van der Waals surface area contributed by atoms with Crippen LogP contribution in [0.5, 0.6) is 0 Å². The van der Waals surface area contributed by atoms with Gasteiger partial charge in [0, 0.05) is 6.42 Å². The standard InChI is InChI=1S/C17H34O2.C14H28O2/c1-13(2,3)16(9)10-15(7,8)11-17(12-16,19-18)14(4,5)6;1-5-6-7-8-9-10-11-12-13(15)16-14(2,3)4/h18H,10-12H2,1-9H3;5-12H2,1-4H3. The molecule has 35 heavy (non-hydrogen) atoms. The monoisotopic (exact) mass is 498 g/mol. The Labute approximate surface area is 219 Å². The molecule has 0 radical (unpaired) electrons. The van der Waals surface area contributed by atoms with E-state index in [0.29, 0.717) is 6.42 Å².